The van der Waals surface area contributed by atoms with Crippen LogP contribution < -0.4 is 10.9 Å². The van der Waals surface area contributed by atoms with Gasteiger partial charge in [-0.15, -0.1) is 11.8 Å². The molecular weight excluding hydrogens is 410 g/mol. The largest absolute Gasteiger partial charge is 0.349 e. The fourth-order valence-corrected chi connectivity index (χ4v) is 4.96. The molecule has 1 amide bonds. The number of carbonyl (C=O) groups is 1. The van der Waals surface area contributed by atoms with E-state index in [9.17, 15) is 9.59 Å². The Hall–Kier alpha value is -3.39. The number of H-pyrrole nitrogens is 1. The van der Waals surface area contributed by atoms with Gasteiger partial charge in [-0.05, 0) is 30.2 Å². The van der Waals surface area contributed by atoms with Crippen LogP contribution in [0.2, 0.25) is 0 Å². The van der Waals surface area contributed by atoms with E-state index in [4.69, 9.17) is 0 Å². The number of carbonyl (C=O) groups excluding carboxylic acids is 1. The average molecular weight is 432 g/mol. The summed E-state index contributed by atoms with van der Waals surface area (Å²) in [5, 5.41) is 7.88. The lowest BCUT2D eigenvalue weighted by atomic mass is 10.0. The molecule has 0 bridgehead atoms. The average Bonchev–Trinajstić information content (AvgIpc) is 3.23. The molecule has 2 N–H and O–H groups in total. The maximum absolute atomic E-state index is 12.6. The van der Waals surface area contributed by atoms with Crippen LogP contribution in [0.15, 0.2) is 70.5 Å². The lowest BCUT2D eigenvalue weighted by molar-refractivity contribution is -0.121. The van der Waals surface area contributed by atoms with E-state index in [0.717, 1.165) is 17.9 Å². The standard InChI is InChI=1S/C23H21N5O2S/c29-21(25-18-12-13-31-19-9-5-4-8-16(18)19)11-10-20-26-22-17(23(30)27-20)14-24-28(22)15-6-2-1-3-7-15/h1-9,14,18H,10-13H2,(H,25,29)(H,26,27,30)/t18-/m0/s1. The number of benzene rings is 2. The lowest BCUT2D eigenvalue weighted by Crippen LogP contribution is -2.31. The number of hydrogen-bond donors (Lipinski definition) is 2. The zero-order chi connectivity index (χ0) is 21.2. The van der Waals surface area contributed by atoms with Crippen LogP contribution >= 0.6 is 11.8 Å². The Morgan fingerprint density at radius 2 is 1.97 bits per heavy atom. The van der Waals surface area contributed by atoms with E-state index in [-0.39, 0.29) is 23.9 Å². The number of thioether (sulfide) groups is 1. The first-order chi connectivity index (χ1) is 15.2. The molecule has 0 aliphatic carbocycles. The van der Waals surface area contributed by atoms with Crippen LogP contribution in [-0.2, 0) is 11.2 Å². The first-order valence-electron chi connectivity index (χ1n) is 10.2. The molecule has 5 rings (SSSR count). The van der Waals surface area contributed by atoms with Crippen molar-refractivity contribution in [3.8, 4) is 5.69 Å². The molecule has 4 aromatic rings. The summed E-state index contributed by atoms with van der Waals surface area (Å²) in [7, 11) is 0. The van der Waals surface area contributed by atoms with Crippen molar-refractivity contribution in [1.82, 2.24) is 25.1 Å². The molecule has 0 saturated heterocycles. The van der Waals surface area contributed by atoms with Gasteiger partial charge < -0.3 is 10.3 Å². The number of aryl methyl sites for hydroxylation is 1. The van der Waals surface area contributed by atoms with Crippen LogP contribution in [0.3, 0.4) is 0 Å². The van der Waals surface area contributed by atoms with Gasteiger partial charge in [-0.1, -0.05) is 36.4 Å². The van der Waals surface area contributed by atoms with Gasteiger partial charge in [0, 0.05) is 23.5 Å². The van der Waals surface area contributed by atoms with E-state index in [0.29, 0.717) is 23.3 Å². The topological polar surface area (TPSA) is 92.7 Å². The van der Waals surface area contributed by atoms with Crippen molar-refractivity contribution in [2.24, 2.45) is 0 Å². The molecule has 3 heterocycles. The Balaban J connectivity index is 1.32. The highest BCUT2D eigenvalue weighted by Crippen LogP contribution is 2.35. The lowest BCUT2D eigenvalue weighted by Gasteiger charge is -2.25. The Labute approximate surface area is 182 Å². The molecule has 0 spiro atoms. The second kappa shape index (κ2) is 8.39. The second-order valence-electron chi connectivity index (χ2n) is 7.44. The Morgan fingerprint density at radius 1 is 1.16 bits per heavy atom. The summed E-state index contributed by atoms with van der Waals surface area (Å²) in [6, 6.07) is 17.8. The van der Waals surface area contributed by atoms with Gasteiger partial charge >= 0.3 is 0 Å². The van der Waals surface area contributed by atoms with Crippen LogP contribution in [0.5, 0.6) is 0 Å². The van der Waals surface area contributed by atoms with Gasteiger partial charge in [-0.25, -0.2) is 9.67 Å². The molecule has 31 heavy (non-hydrogen) atoms. The van der Waals surface area contributed by atoms with E-state index in [1.165, 1.54) is 16.7 Å². The van der Waals surface area contributed by atoms with Crippen molar-refractivity contribution >= 4 is 28.7 Å². The molecule has 2 aromatic carbocycles. The maximum atomic E-state index is 12.6. The molecule has 1 atom stereocenters. The summed E-state index contributed by atoms with van der Waals surface area (Å²) in [6.45, 7) is 0. The summed E-state index contributed by atoms with van der Waals surface area (Å²) in [5.41, 5.74) is 2.24. The van der Waals surface area contributed by atoms with E-state index >= 15 is 0 Å². The number of para-hydroxylation sites is 1. The zero-order valence-corrected chi connectivity index (χ0v) is 17.6. The molecule has 0 fully saturated rings. The summed E-state index contributed by atoms with van der Waals surface area (Å²) < 4.78 is 1.64. The summed E-state index contributed by atoms with van der Waals surface area (Å²) in [4.78, 5) is 33.7. The number of aromatic amines is 1. The number of hydrogen-bond acceptors (Lipinski definition) is 5. The van der Waals surface area contributed by atoms with Crippen molar-refractivity contribution in [3.63, 3.8) is 0 Å². The number of fused-ring (bicyclic) bond motifs is 2. The minimum absolute atomic E-state index is 0.0268. The van der Waals surface area contributed by atoms with Gasteiger partial charge in [0.05, 0.1) is 17.9 Å². The van der Waals surface area contributed by atoms with Gasteiger partial charge in [0.1, 0.15) is 11.2 Å². The minimum Gasteiger partial charge on any atom is -0.349 e. The smallest absolute Gasteiger partial charge is 0.262 e. The molecule has 0 radical (unpaired) electrons. The van der Waals surface area contributed by atoms with Crippen LogP contribution in [0, 0.1) is 0 Å². The van der Waals surface area contributed by atoms with Gasteiger partial charge in [-0.3, -0.25) is 9.59 Å². The van der Waals surface area contributed by atoms with Gasteiger partial charge in [0.25, 0.3) is 5.56 Å². The molecule has 2 aromatic heterocycles. The third kappa shape index (κ3) is 3.98. The number of nitrogens with one attached hydrogen (secondary N) is 2. The van der Waals surface area contributed by atoms with Crippen molar-refractivity contribution in [3.05, 3.63) is 82.5 Å². The number of amides is 1. The predicted octanol–water partition coefficient (Wildman–Crippen LogP) is 3.39. The Morgan fingerprint density at radius 3 is 2.84 bits per heavy atom. The highest BCUT2D eigenvalue weighted by atomic mass is 32.2. The second-order valence-corrected chi connectivity index (χ2v) is 8.57. The van der Waals surface area contributed by atoms with Gasteiger partial charge in [-0.2, -0.15) is 5.10 Å². The van der Waals surface area contributed by atoms with E-state index in [1.54, 1.807) is 4.68 Å². The van der Waals surface area contributed by atoms with Crippen LogP contribution in [0.1, 0.15) is 30.3 Å². The fourth-order valence-electron chi connectivity index (χ4n) is 3.83. The number of aromatic nitrogens is 4. The van der Waals surface area contributed by atoms with E-state index in [2.05, 4.69) is 32.5 Å². The molecule has 0 unspecified atom stereocenters. The summed E-state index contributed by atoms with van der Waals surface area (Å²) in [5.74, 6) is 1.41. The third-order valence-corrected chi connectivity index (χ3v) is 6.49. The highest BCUT2D eigenvalue weighted by Gasteiger charge is 2.22. The first-order valence-corrected chi connectivity index (χ1v) is 11.2. The zero-order valence-electron chi connectivity index (χ0n) is 16.7. The van der Waals surface area contributed by atoms with E-state index in [1.807, 2.05) is 54.2 Å². The summed E-state index contributed by atoms with van der Waals surface area (Å²) >= 11 is 1.82. The monoisotopic (exact) mass is 431 g/mol. The molecule has 1 aliphatic heterocycles. The fraction of sp³-hybridized carbons (Fsp3) is 0.217. The van der Waals surface area contributed by atoms with Crippen LogP contribution in [-0.4, -0.2) is 31.4 Å². The molecule has 1 aliphatic rings. The van der Waals surface area contributed by atoms with Crippen molar-refractivity contribution in [2.75, 3.05) is 5.75 Å². The van der Waals surface area contributed by atoms with Crippen molar-refractivity contribution < 1.29 is 4.79 Å². The van der Waals surface area contributed by atoms with Crippen molar-refractivity contribution in [1.29, 1.82) is 0 Å². The molecule has 7 nitrogen and oxygen atoms in total. The molecule has 8 heteroatoms. The Bertz CT molecular complexity index is 1300. The molecular formula is C23H21N5O2S. The van der Waals surface area contributed by atoms with Crippen molar-refractivity contribution in [2.45, 2.75) is 30.2 Å². The number of nitrogens with zero attached hydrogens (tertiary/aromatic N) is 3. The van der Waals surface area contributed by atoms with Crippen LogP contribution in [0.25, 0.3) is 16.7 Å². The minimum atomic E-state index is -0.249. The van der Waals surface area contributed by atoms with E-state index < -0.39 is 0 Å². The summed E-state index contributed by atoms with van der Waals surface area (Å²) in [6.07, 6.45) is 3.02. The number of rotatable bonds is 5. The quantitative estimate of drug-likeness (QED) is 0.505. The normalized spacial score (nSPS) is 15.5. The Kier molecular flexibility index (Phi) is 5.30. The van der Waals surface area contributed by atoms with Gasteiger partial charge in [0.15, 0.2) is 5.65 Å². The SMILES string of the molecule is O=C(CCc1nc2c(cnn2-c2ccccc2)c(=O)[nH]1)N[C@H]1CCSc2ccccc21. The molecule has 0 saturated carbocycles. The third-order valence-electron chi connectivity index (χ3n) is 5.37. The molecule has 156 valence electrons. The maximum Gasteiger partial charge on any atom is 0.262 e. The van der Waals surface area contributed by atoms with Crippen LogP contribution in [0.4, 0.5) is 0 Å². The van der Waals surface area contributed by atoms with Gasteiger partial charge in [0.2, 0.25) is 5.91 Å². The highest BCUT2D eigenvalue weighted by molar-refractivity contribution is 7.99. The first kappa shape index (κ1) is 19.6. The predicted molar refractivity (Wildman–Crippen MR) is 120 cm³/mol.